The number of amides is 2. The number of ether oxygens (including phenoxy) is 1. The predicted octanol–water partition coefficient (Wildman–Crippen LogP) is 2.29. The van der Waals surface area contributed by atoms with Gasteiger partial charge in [0.05, 0.1) is 19.2 Å². The van der Waals surface area contributed by atoms with Gasteiger partial charge in [-0.05, 0) is 30.5 Å². The Bertz CT molecular complexity index is 806. The summed E-state index contributed by atoms with van der Waals surface area (Å²) in [4.78, 5) is 33.8. The zero-order valence-corrected chi connectivity index (χ0v) is 15.9. The molecule has 0 radical (unpaired) electrons. The number of carbonyl (C=O) groups excluding carboxylic acids is 2. The van der Waals surface area contributed by atoms with Gasteiger partial charge in [-0.1, -0.05) is 30.3 Å². The van der Waals surface area contributed by atoms with Crippen molar-refractivity contribution in [1.29, 1.82) is 0 Å². The van der Waals surface area contributed by atoms with Gasteiger partial charge in [-0.2, -0.15) is 0 Å². The van der Waals surface area contributed by atoms with E-state index >= 15 is 0 Å². The summed E-state index contributed by atoms with van der Waals surface area (Å²) >= 11 is 0. The van der Waals surface area contributed by atoms with Crippen LogP contribution in [0.5, 0.6) is 5.75 Å². The molecule has 2 atom stereocenters. The summed E-state index contributed by atoms with van der Waals surface area (Å²) in [5.74, 6) is 0.689. The Morgan fingerprint density at radius 2 is 1.86 bits per heavy atom. The van der Waals surface area contributed by atoms with Crippen molar-refractivity contribution in [3.63, 3.8) is 0 Å². The molecule has 2 aromatic rings. The molecule has 3 heterocycles. The maximum atomic E-state index is 13.1. The summed E-state index contributed by atoms with van der Waals surface area (Å²) in [6.45, 7) is 1.99. The first-order valence-corrected chi connectivity index (χ1v) is 9.89. The van der Waals surface area contributed by atoms with Crippen molar-refractivity contribution in [3.05, 3.63) is 60.4 Å². The van der Waals surface area contributed by atoms with Crippen molar-refractivity contribution in [2.45, 2.75) is 37.8 Å². The normalized spacial score (nSPS) is 21.7. The van der Waals surface area contributed by atoms with Crippen LogP contribution in [-0.2, 0) is 16.0 Å². The zero-order valence-electron chi connectivity index (χ0n) is 15.9. The Kier molecular flexibility index (Phi) is 5.55. The lowest BCUT2D eigenvalue weighted by Crippen LogP contribution is -2.47. The van der Waals surface area contributed by atoms with Crippen molar-refractivity contribution >= 4 is 11.8 Å². The molecule has 0 bridgehead atoms. The molecular weight excluding hydrogens is 354 g/mol. The number of hydrogen-bond donors (Lipinski definition) is 0. The van der Waals surface area contributed by atoms with E-state index in [1.807, 2.05) is 47.4 Å². The second-order valence-electron chi connectivity index (χ2n) is 7.42. The summed E-state index contributed by atoms with van der Waals surface area (Å²) in [6.07, 6.45) is 6.02. The Morgan fingerprint density at radius 3 is 2.57 bits per heavy atom. The number of nitrogens with zero attached hydrogens (tertiary/aromatic N) is 3. The van der Waals surface area contributed by atoms with E-state index in [2.05, 4.69) is 4.98 Å². The number of carbonyl (C=O) groups is 2. The highest BCUT2D eigenvalue weighted by Gasteiger charge is 2.42. The summed E-state index contributed by atoms with van der Waals surface area (Å²) in [7, 11) is 0. The topological polar surface area (TPSA) is 62.7 Å². The van der Waals surface area contributed by atoms with Gasteiger partial charge < -0.3 is 14.5 Å². The van der Waals surface area contributed by atoms with E-state index in [-0.39, 0.29) is 17.9 Å². The number of likely N-dealkylation sites (tertiary alicyclic amines) is 2. The minimum Gasteiger partial charge on any atom is -0.487 e. The van der Waals surface area contributed by atoms with Crippen LogP contribution in [0, 0.1) is 0 Å². The lowest BCUT2D eigenvalue weighted by molar-refractivity contribution is -0.142. The van der Waals surface area contributed by atoms with E-state index in [1.165, 1.54) is 0 Å². The van der Waals surface area contributed by atoms with Gasteiger partial charge in [-0.25, -0.2) is 0 Å². The van der Waals surface area contributed by atoms with Crippen LogP contribution in [0.4, 0.5) is 0 Å². The molecule has 2 aliphatic rings. The van der Waals surface area contributed by atoms with Gasteiger partial charge in [-0.15, -0.1) is 0 Å². The molecule has 0 spiro atoms. The fraction of sp³-hybridized carbons (Fsp3) is 0.409. The van der Waals surface area contributed by atoms with Gasteiger partial charge in [0.1, 0.15) is 17.9 Å². The summed E-state index contributed by atoms with van der Waals surface area (Å²) in [5.41, 5.74) is 0.955. The monoisotopic (exact) mass is 379 g/mol. The number of aromatic nitrogens is 1. The molecule has 6 heteroatoms. The van der Waals surface area contributed by atoms with Gasteiger partial charge >= 0.3 is 0 Å². The highest BCUT2D eigenvalue weighted by molar-refractivity contribution is 5.89. The minimum absolute atomic E-state index is 0.0268. The van der Waals surface area contributed by atoms with Crippen molar-refractivity contribution in [3.8, 4) is 5.75 Å². The van der Waals surface area contributed by atoms with E-state index in [9.17, 15) is 9.59 Å². The number of rotatable bonds is 5. The fourth-order valence-electron chi connectivity index (χ4n) is 4.02. The van der Waals surface area contributed by atoms with E-state index in [0.717, 1.165) is 31.5 Å². The molecule has 1 aromatic heterocycles. The average molecular weight is 379 g/mol. The lowest BCUT2D eigenvalue weighted by atomic mass is 10.1. The quantitative estimate of drug-likeness (QED) is 0.800. The predicted molar refractivity (Wildman–Crippen MR) is 105 cm³/mol. The van der Waals surface area contributed by atoms with Crippen LogP contribution >= 0.6 is 0 Å². The Labute approximate surface area is 165 Å². The lowest BCUT2D eigenvalue weighted by Gasteiger charge is -2.27. The molecule has 0 aliphatic carbocycles. The van der Waals surface area contributed by atoms with Crippen LogP contribution < -0.4 is 4.74 Å². The molecule has 1 aromatic carbocycles. The van der Waals surface area contributed by atoms with Gasteiger partial charge in [0, 0.05) is 25.7 Å². The first-order valence-electron chi connectivity index (χ1n) is 9.89. The molecule has 28 heavy (non-hydrogen) atoms. The molecular formula is C22H25N3O3. The standard InChI is InChI=1S/C22H25N3O3/c26-21(13-17-7-2-1-3-8-17)25-16-19(28-18-9-6-10-23-15-18)14-20(25)22(27)24-11-4-5-12-24/h1-3,6-10,15,19-20H,4-5,11-14,16H2. The molecule has 2 fully saturated rings. The third kappa shape index (κ3) is 4.16. The van der Waals surface area contributed by atoms with Crippen molar-refractivity contribution in [2.24, 2.45) is 0 Å². The smallest absolute Gasteiger partial charge is 0.245 e. The molecule has 2 saturated heterocycles. The van der Waals surface area contributed by atoms with E-state index in [4.69, 9.17) is 4.74 Å². The first-order chi connectivity index (χ1) is 13.7. The van der Waals surface area contributed by atoms with Gasteiger partial charge in [-0.3, -0.25) is 14.6 Å². The SMILES string of the molecule is O=C(C1CC(Oc2cccnc2)CN1C(=O)Cc1ccccc1)N1CCCC1. The number of benzene rings is 1. The van der Waals surface area contributed by atoms with Crippen LogP contribution in [0.25, 0.3) is 0 Å². The van der Waals surface area contributed by atoms with E-state index in [1.54, 1.807) is 17.3 Å². The van der Waals surface area contributed by atoms with Crippen molar-refractivity contribution < 1.29 is 14.3 Å². The molecule has 0 N–H and O–H groups in total. The zero-order chi connectivity index (χ0) is 19.3. The second kappa shape index (κ2) is 8.42. The van der Waals surface area contributed by atoms with Crippen LogP contribution in [0.2, 0.25) is 0 Å². The Hall–Kier alpha value is -2.89. The minimum atomic E-state index is -0.448. The third-order valence-corrected chi connectivity index (χ3v) is 5.42. The molecule has 2 amide bonds. The highest BCUT2D eigenvalue weighted by Crippen LogP contribution is 2.26. The average Bonchev–Trinajstić information content (AvgIpc) is 3.39. The molecule has 2 aliphatic heterocycles. The third-order valence-electron chi connectivity index (χ3n) is 5.42. The molecule has 146 valence electrons. The molecule has 4 rings (SSSR count). The Balaban J connectivity index is 1.50. The van der Waals surface area contributed by atoms with Crippen molar-refractivity contribution in [2.75, 3.05) is 19.6 Å². The van der Waals surface area contributed by atoms with Gasteiger partial charge in [0.15, 0.2) is 0 Å². The molecule has 6 nitrogen and oxygen atoms in total. The molecule has 0 saturated carbocycles. The van der Waals surface area contributed by atoms with Gasteiger partial charge in [0.25, 0.3) is 0 Å². The highest BCUT2D eigenvalue weighted by atomic mass is 16.5. The van der Waals surface area contributed by atoms with E-state index in [0.29, 0.717) is 25.1 Å². The van der Waals surface area contributed by atoms with Crippen LogP contribution in [0.1, 0.15) is 24.8 Å². The van der Waals surface area contributed by atoms with Crippen molar-refractivity contribution in [1.82, 2.24) is 14.8 Å². The van der Waals surface area contributed by atoms with Crippen LogP contribution in [-0.4, -0.2) is 58.4 Å². The fourth-order valence-corrected chi connectivity index (χ4v) is 4.02. The second-order valence-corrected chi connectivity index (χ2v) is 7.42. The number of hydrogen-bond acceptors (Lipinski definition) is 4. The largest absolute Gasteiger partial charge is 0.487 e. The van der Waals surface area contributed by atoms with E-state index < -0.39 is 6.04 Å². The summed E-state index contributed by atoms with van der Waals surface area (Å²) in [5, 5.41) is 0. The summed E-state index contributed by atoms with van der Waals surface area (Å²) < 4.78 is 6.02. The van der Waals surface area contributed by atoms with Crippen LogP contribution in [0.15, 0.2) is 54.9 Å². The first kappa shape index (κ1) is 18.5. The number of pyridine rings is 1. The summed E-state index contributed by atoms with van der Waals surface area (Å²) in [6, 6.07) is 12.9. The molecule has 2 unspecified atom stereocenters. The maximum Gasteiger partial charge on any atom is 0.245 e. The Morgan fingerprint density at radius 1 is 1.07 bits per heavy atom. The maximum absolute atomic E-state index is 13.1. The van der Waals surface area contributed by atoms with Crippen LogP contribution in [0.3, 0.4) is 0 Å². The van der Waals surface area contributed by atoms with Gasteiger partial charge in [0.2, 0.25) is 11.8 Å².